The van der Waals surface area contributed by atoms with Gasteiger partial charge in [-0.05, 0) is 36.4 Å². The fourth-order valence-electron chi connectivity index (χ4n) is 4.44. The van der Waals surface area contributed by atoms with E-state index in [1.54, 1.807) is 28.2 Å². The van der Waals surface area contributed by atoms with E-state index in [9.17, 15) is 9.59 Å². The van der Waals surface area contributed by atoms with Gasteiger partial charge in [-0.2, -0.15) is 5.10 Å². The largest absolute Gasteiger partial charge is 0.383 e. The molecule has 4 rings (SSSR count). The molecule has 192 valence electrons. The fourth-order valence-corrected chi connectivity index (χ4v) is 5.20. The van der Waals surface area contributed by atoms with Crippen LogP contribution >= 0.6 is 0 Å². The molecule has 11 heteroatoms. The molecule has 3 aromatic rings. The molecule has 0 radical (unpaired) electrons. The third-order valence-corrected chi connectivity index (χ3v) is 8.21. The summed E-state index contributed by atoms with van der Waals surface area (Å²) in [6.07, 6.45) is 8.27. The molecule has 1 aliphatic heterocycles. The van der Waals surface area contributed by atoms with Crippen molar-refractivity contribution >= 4 is 42.3 Å². The van der Waals surface area contributed by atoms with Crippen LogP contribution < -0.4 is 11.1 Å². The average Bonchev–Trinajstić information content (AvgIpc) is 3.28. The van der Waals surface area contributed by atoms with Crippen molar-refractivity contribution in [2.45, 2.75) is 58.2 Å². The standard InChI is InChI=1S/C25H35N7O3Si/c1-17-7-8-21(18-6-5-9-27-12-18)31(15-17)25(34)24(33)30-20-14-28-23(26)19-13-29-32(22(19)20)16-35-10-11-36(2,3)4/h5-6,9,12-14,17,21H,7-8,10-11,15-16H2,1-4H3,(H2,26,28)(H,30,33)/t17-,21+/m0/s1. The fraction of sp³-hybridized carbons (Fsp3) is 0.480. The van der Waals surface area contributed by atoms with Crippen molar-refractivity contribution in [2.24, 2.45) is 5.92 Å². The van der Waals surface area contributed by atoms with Crippen LogP contribution in [-0.2, 0) is 21.1 Å². The summed E-state index contributed by atoms with van der Waals surface area (Å²) >= 11 is 0. The van der Waals surface area contributed by atoms with Crippen molar-refractivity contribution in [3.63, 3.8) is 0 Å². The summed E-state index contributed by atoms with van der Waals surface area (Å²) in [7, 11) is -1.23. The van der Waals surface area contributed by atoms with E-state index < -0.39 is 19.9 Å². The number of nitrogen functional groups attached to an aromatic ring is 1. The number of carbonyl (C=O) groups is 2. The second-order valence-corrected chi connectivity index (χ2v) is 16.3. The zero-order valence-electron chi connectivity index (χ0n) is 21.4. The molecule has 1 fully saturated rings. The molecule has 10 nitrogen and oxygen atoms in total. The predicted octanol–water partition coefficient (Wildman–Crippen LogP) is 3.66. The Bertz CT molecular complexity index is 1230. The number of hydrogen-bond acceptors (Lipinski definition) is 7. The summed E-state index contributed by atoms with van der Waals surface area (Å²) in [5, 5.41) is 7.74. The van der Waals surface area contributed by atoms with Crippen molar-refractivity contribution in [2.75, 3.05) is 24.2 Å². The number of anilines is 2. The van der Waals surface area contributed by atoms with E-state index in [1.807, 2.05) is 12.1 Å². The van der Waals surface area contributed by atoms with E-state index in [1.165, 1.54) is 6.20 Å². The number of ether oxygens (including phenoxy) is 1. The van der Waals surface area contributed by atoms with Gasteiger partial charge in [-0.1, -0.05) is 32.6 Å². The average molecular weight is 510 g/mol. The molecule has 1 saturated heterocycles. The molecule has 0 bridgehead atoms. The minimum absolute atomic E-state index is 0.192. The minimum Gasteiger partial charge on any atom is -0.383 e. The summed E-state index contributed by atoms with van der Waals surface area (Å²) in [4.78, 5) is 36.6. The number of fused-ring (bicyclic) bond motifs is 1. The van der Waals surface area contributed by atoms with Gasteiger partial charge in [0, 0.05) is 33.6 Å². The molecule has 36 heavy (non-hydrogen) atoms. The van der Waals surface area contributed by atoms with Crippen molar-refractivity contribution in [1.82, 2.24) is 24.6 Å². The first-order valence-corrected chi connectivity index (χ1v) is 16.0. The number of nitrogens with zero attached hydrogens (tertiary/aromatic N) is 5. The normalized spacial score (nSPS) is 18.4. The Morgan fingerprint density at radius 3 is 2.75 bits per heavy atom. The van der Waals surface area contributed by atoms with E-state index in [0.717, 1.165) is 24.4 Å². The smallest absolute Gasteiger partial charge is 0.314 e. The highest BCUT2D eigenvalue weighted by atomic mass is 28.3. The molecule has 0 unspecified atom stereocenters. The molecule has 1 aliphatic rings. The summed E-state index contributed by atoms with van der Waals surface area (Å²) < 4.78 is 7.50. The van der Waals surface area contributed by atoms with Crippen LogP contribution in [0.3, 0.4) is 0 Å². The molecular formula is C25H35N7O3Si. The van der Waals surface area contributed by atoms with Crippen molar-refractivity contribution in [3.8, 4) is 0 Å². The van der Waals surface area contributed by atoms with Gasteiger partial charge < -0.3 is 20.7 Å². The van der Waals surface area contributed by atoms with Gasteiger partial charge in [-0.3, -0.25) is 14.6 Å². The third-order valence-electron chi connectivity index (χ3n) is 6.50. The van der Waals surface area contributed by atoms with E-state index in [4.69, 9.17) is 10.5 Å². The van der Waals surface area contributed by atoms with Crippen molar-refractivity contribution in [1.29, 1.82) is 0 Å². The molecule has 3 N–H and O–H groups in total. The second-order valence-electron chi connectivity index (χ2n) is 10.7. The molecular weight excluding hydrogens is 474 g/mol. The zero-order valence-corrected chi connectivity index (χ0v) is 22.4. The quantitative estimate of drug-likeness (QED) is 0.282. The Morgan fingerprint density at radius 2 is 2.03 bits per heavy atom. The lowest BCUT2D eigenvalue weighted by molar-refractivity contribution is -0.146. The minimum atomic E-state index is -1.23. The van der Waals surface area contributed by atoms with Crippen LogP contribution in [0.5, 0.6) is 0 Å². The number of nitrogens with two attached hydrogens (primary N) is 1. The molecule has 4 heterocycles. The third kappa shape index (κ3) is 5.90. The lowest BCUT2D eigenvalue weighted by atomic mass is 9.90. The van der Waals surface area contributed by atoms with Crippen LogP contribution in [0.15, 0.2) is 36.9 Å². The van der Waals surface area contributed by atoms with Gasteiger partial charge in [0.15, 0.2) is 0 Å². The number of amides is 2. The van der Waals surface area contributed by atoms with Gasteiger partial charge in [0.2, 0.25) is 0 Å². The van der Waals surface area contributed by atoms with Crippen LogP contribution in [0.1, 0.15) is 31.4 Å². The van der Waals surface area contributed by atoms with E-state index in [2.05, 4.69) is 46.9 Å². The number of carbonyl (C=O) groups excluding carboxylic acids is 2. The van der Waals surface area contributed by atoms with Crippen LogP contribution in [-0.4, -0.2) is 57.7 Å². The molecule has 0 spiro atoms. The number of likely N-dealkylation sites (tertiary alicyclic amines) is 1. The molecule has 3 aromatic heterocycles. The highest BCUT2D eigenvalue weighted by Gasteiger charge is 2.34. The van der Waals surface area contributed by atoms with E-state index >= 15 is 0 Å². The number of nitrogens with one attached hydrogen (secondary N) is 1. The number of hydrogen-bond donors (Lipinski definition) is 2. The predicted molar refractivity (Wildman–Crippen MR) is 142 cm³/mol. The van der Waals surface area contributed by atoms with E-state index in [0.29, 0.717) is 41.5 Å². The van der Waals surface area contributed by atoms with Crippen LogP contribution in [0.4, 0.5) is 11.5 Å². The number of aromatic nitrogens is 4. The van der Waals surface area contributed by atoms with Gasteiger partial charge >= 0.3 is 11.8 Å². The van der Waals surface area contributed by atoms with Gasteiger partial charge in [0.1, 0.15) is 12.5 Å². The monoisotopic (exact) mass is 509 g/mol. The Morgan fingerprint density at radius 1 is 1.22 bits per heavy atom. The number of pyridine rings is 2. The zero-order chi connectivity index (χ0) is 25.9. The first-order valence-electron chi connectivity index (χ1n) is 12.3. The molecule has 0 saturated carbocycles. The summed E-state index contributed by atoms with van der Waals surface area (Å²) in [6, 6.07) is 4.63. The molecule has 2 amide bonds. The lowest BCUT2D eigenvalue weighted by Crippen LogP contribution is -2.46. The van der Waals surface area contributed by atoms with Crippen molar-refractivity contribution < 1.29 is 14.3 Å². The number of rotatable bonds is 7. The number of piperidine rings is 1. The first kappa shape index (κ1) is 25.8. The first-order chi connectivity index (χ1) is 17.1. The second kappa shape index (κ2) is 10.7. The Balaban J connectivity index is 1.54. The van der Waals surface area contributed by atoms with E-state index in [-0.39, 0.29) is 12.8 Å². The molecule has 0 aromatic carbocycles. The van der Waals surface area contributed by atoms with Crippen LogP contribution in [0, 0.1) is 5.92 Å². The van der Waals surface area contributed by atoms with Gasteiger partial charge in [0.25, 0.3) is 0 Å². The molecule has 0 aliphatic carbocycles. The summed E-state index contributed by atoms with van der Waals surface area (Å²) in [5.74, 6) is -0.713. The van der Waals surface area contributed by atoms with Gasteiger partial charge in [0.05, 0.1) is 35.0 Å². The highest BCUT2D eigenvalue weighted by Crippen LogP contribution is 2.33. The summed E-state index contributed by atoms with van der Waals surface area (Å²) in [5.41, 5.74) is 7.93. The molecule has 2 atom stereocenters. The van der Waals surface area contributed by atoms with Gasteiger partial charge in [-0.15, -0.1) is 0 Å². The Kier molecular flexibility index (Phi) is 7.69. The van der Waals surface area contributed by atoms with Crippen LogP contribution in [0.2, 0.25) is 25.7 Å². The van der Waals surface area contributed by atoms with Crippen LogP contribution in [0.25, 0.3) is 10.9 Å². The maximum Gasteiger partial charge on any atom is 0.314 e. The topological polar surface area (TPSA) is 128 Å². The Labute approximate surface area is 212 Å². The SMILES string of the molecule is C[C@H]1CC[C@H](c2cccnc2)N(C(=O)C(=O)Nc2cnc(N)c3cnn(COCC[Si](C)(C)C)c23)C1. The van der Waals surface area contributed by atoms with Crippen molar-refractivity contribution in [3.05, 3.63) is 42.5 Å². The highest BCUT2D eigenvalue weighted by molar-refractivity contribution is 6.76. The summed E-state index contributed by atoms with van der Waals surface area (Å²) in [6.45, 7) is 10.3. The lowest BCUT2D eigenvalue weighted by Gasteiger charge is -2.38. The maximum absolute atomic E-state index is 13.4. The van der Waals surface area contributed by atoms with Gasteiger partial charge in [-0.25, -0.2) is 9.67 Å². The maximum atomic E-state index is 13.4. The Hall–Kier alpha value is -3.31.